The van der Waals surface area contributed by atoms with Crippen LogP contribution in [0.1, 0.15) is 27.2 Å². The Labute approximate surface area is 120 Å². The molecule has 20 heavy (non-hydrogen) atoms. The monoisotopic (exact) mass is 281 g/mol. The lowest BCUT2D eigenvalue weighted by atomic mass is 10.0. The number of carbonyl (C=O) groups is 1. The van der Waals surface area contributed by atoms with Crippen molar-refractivity contribution in [1.29, 1.82) is 0 Å². The molecule has 112 valence electrons. The van der Waals surface area contributed by atoms with E-state index in [1.165, 1.54) is 0 Å². The second-order valence-corrected chi connectivity index (χ2v) is 5.07. The van der Waals surface area contributed by atoms with Crippen LogP contribution in [0.15, 0.2) is 18.2 Å². The second kappa shape index (κ2) is 7.03. The third kappa shape index (κ3) is 4.33. The first-order valence-corrected chi connectivity index (χ1v) is 6.58. The topological polar surface area (TPSA) is 56.8 Å². The largest absolute Gasteiger partial charge is 0.493 e. The lowest BCUT2D eigenvalue weighted by Crippen LogP contribution is -2.44. The highest BCUT2D eigenvalue weighted by Crippen LogP contribution is 2.36. The summed E-state index contributed by atoms with van der Waals surface area (Å²) in [5.74, 6) is 1.32. The van der Waals surface area contributed by atoms with E-state index in [0.29, 0.717) is 17.2 Å². The van der Waals surface area contributed by atoms with Crippen molar-refractivity contribution >= 4 is 5.91 Å². The summed E-state index contributed by atoms with van der Waals surface area (Å²) in [6.07, 6.45) is 0.844. The molecule has 1 N–H and O–H groups in total. The number of amides is 1. The van der Waals surface area contributed by atoms with Crippen LogP contribution in [0, 0.1) is 0 Å². The summed E-state index contributed by atoms with van der Waals surface area (Å²) in [6, 6.07) is 5.31. The van der Waals surface area contributed by atoms with Crippen LogP contribution in [0.5, 0.6) is 17.2 Å². The molecule has 0 fully saturated rings. The molecule has 0 aromatic heterocycles. The van der Waals surface area contributed by atoms with Crippen molar-refractivity contribution in [1.82, 2.24) is 5.32 Å². The second-order valence-electron chi connectivity index (χ2n) is 5.07. The van der Waals surface area contributed by atoms with E-state index in [9.17, 15) is 4.79 Å². The molecular weight excluding hydrogens is 258 g/mol. The minimum Gasteiger partial charge on any atom is -0.493 e. The predicted molar refractivity (Wildman–Crippen MR) is 77.6 cm³/mol. The number of rotatable bonds is 7. The first-order chi connectivity index (χ1) is 9.43. The van der Waals surface area contributed by atoms with Gasteiger partial charge >= 0.3 is 0 Å². The zero-order chi connectivity index (χ0) is 15.2. The highest BCUT2D eigenvalue weighted by atomic mass is 16.5. The van der Waals surface area contributed by atoms with Crippen molar-refractivity contribution in [3.63, 3.8) is 0 Å². The van der Waals surface area contributed by atoms with E-state index in [-0.39, 0.29) is 18.1 Å². The lowest BCUT2D eigenvalue weighted by molar-refractivity contribution is -0.124. The SMILES string of the molecule is CCC(C)(C)NC(=O)COc1c(OC)cccc1OC. The molecule has 0 saturated heterocycles. The Morgan fingerprint density at radius 2 is 1.75 bits per heavy atom. The number of hydrogen-bond donors (Lipinski definition) is 1. The van der Waals surface area contributed by atoms with E-state index < -0.39 is 0 Å². The normalized spacial score (nSPS) is 10.8. The van der Waals surface area contributed by atoms with Crippen molar-refractivity contribution in [2.45, 2.75) is 32.7 Å². The summed E-state index contributed by atoms with van der Waals surface area (Å²) >= 11 is 0. The molecule has 0 aliphatic carbocycles. The number of hydrogen-bond acceptors (Lipinski definition) is 4. The van der Waals surface area contributed by atoms with Crippen LogP contribution in [0.2, 0.25) is 0 Å². The Bertz CT molecular complexity index is 435. The van der Waals surface area contributed by atoms with Gasteiger partial charge in [-0.25, -0.2) is 0 Å². The van der Waals surface area contributed by atoms with Gasteiger partial charge in [-0.2, -0.15) is 0 Å². The molecule has 0 heterocycles. The molecule has 0 radical (unpaired) electrons. The lowest BCUT2D eigenvalue weighted by Gasteiger charge is -2.24. The average molecular weight is 281 g/mol. The zero-order valence-electron chi connectivity index (χ0n) is 12.8. The van der Waals surface area contributed by atoms with E-state index >= 15 is 0 Å². The van der Waals surface area contributed by atoms with Gasteiger partial charge in [-0.3, -0.25) is 4.79 Å². The van der Waals surface area contributed by atoms with Gasteiger partial charge < -0.3 is 19.5 Å². The molecule has 5 heteroatoms. The molecule has 0 saturated carbocycles. The van der Waals surface area contributed by atoms with Crippen LogP contribution in [0.3, 0.4) is 0 Å². The average Bonchev–Trinajstić information content (AvgIpc) is 2.44. The molecule has 0 spiro atoms. The van der Waals surface area contributed by atoms with Gasteiger partial charge in [-0.15, -0.1) is 0 Å². The molecule has 1 aromatic rings. The molecule has 1 amide bonds. The molecule has 1 aromatic carbocycles. The van der Waals surface area contributed by atoms with E-state index in [1.54, 1.807) is 32.4 Å². The van der Waals surface area contributed by atoms with Crippen LogP contribution >= 0.6 is 0 Å². The summed E-state index contributed by atoms with van der Waals surface area (Å²) in [5, 5.41) is 2.91. The molecular formula is C15H23NO4. The number of nitrogens with one attached hydrogen (secondary N) is 1. The first-order valence-electron chi connectivity index (χ1n) is 6.58. The van der Waals surface area contributed by atoms with Gasteiger partial charge in [0.1, 0.15) is 0 Å². The minimum atomic E-state index is -0.245. The Hall–Kier alpha value is -1.91. The fraction of sp³-hybridized carbons (Fsp3) is 0.533. The predicted octanol–water partition coefficient (Wildman–Crippen LogP) is 2.39. The van der Waals surface area contributed by atoms with Crippen LogP contribution in [-0.4, -0.2) is 32.3 Å². The third-order valence-corrected chi connectivity index (χ3v) is 3.09. The van der Waals surface area contributed by atoms with E-state index in [4.69, 9.17) is 14.2 Å². The van der Waals surface area contributed by atoms with E-state index in [2.05, 4.69) is 5.32 Å². The number of carbonyl (C=O) groups excluding carboxylic acids is 1. The molecule has 0 unspecified atom stereocenters. The van der Waals surface area contributed by atoms with Crippen LogP contribution in [-0.2, 0) is 4.79 Å². The molecule has 1 rings (SSSR count). The van der Waals surface area contributed by atoms with Gasteiger partial charge in [0.05, 0.1) is 14.2 Å². The van der Waals surface area contributed by atoms with Crippen LogP contribution < -0.4 is 19.5 Å². The van der Waals surface area contributed by atoms with Crippen molar-refractivity contribution < 1.29 is 19.0 Å². The number of para-hydroxylation sites is 1. The Balaban J connectivity index is 2.72. The number of methoxy groups -OCH3 is 2. The number of benzene rings is 1. The molecule has 0 aliphatic rings. The van der Waals surface area contributed by atoms with Crippen molar-refractivity contribution in [2.75, 3.05) is 20.8 Å². The minimum absolute atomic E-state index is 0.0832. The standard InChI is InChI=1S/C15H23NO4/c1-6-15(2,3)16-13(17)10-20-14-11(18-4)8-7-9-12(14)19-5/h7-9H,6,10H2,1-5H3,(H,16,17). The summed E-state index contributed by atoms with van der Waals surface area (Å²) in [6.45, 7) is 5.87. The summed E-state index contributed by atoms with van der Waals surface area (Å²) in [4.78, 5) is 11.9. The van der Waals surface area contributed by atoms with Gasteiger partial charge in [-0.1, -0.05) is 13.0 Å². The quantitative estimate of drug-likeness (QED) is 0.833. The van der Waals surface area contributed by atoms with Crippen molar-refractivity contribution in [3.8, 4) is 17.2 Å². The summed E-state index contributed by atoms with van der Waals surface area (Å²) < 4.78 is 16.0. The summed E-state index contributed by atoms with van der Waals surface area (Å²) in [7, 11) is 3.09. The fourth-order valence-corrected chi connectivity index (χ4v) is 1.60. The first kappa shape index (κ1) is 16.1. The highest BCUT2D eigenvalue weighted by molar-refractivity contribution is 5.78. The smallest absolute Gasteiger partial charge is 0.258 e. The van der Waals surface area contributed by atoms with Crippen LogP contribution in [0.4, 0.5) is 0 Å². The van der Waals surface area contributed by atoms with E-state index in [0.717, 1.165) is 6.42 Å². The zero-order valence-corrected chi connectivity index (χ0v) is 12.8. The van der Waals surface area contributed by atoms with Crippen molar-refractivity contribution in [2.24, 2.45) is 0 Å². The molecule has 0 atom stereocenters. The molecule has 0 aliphatic heterocycles. The van der Waals surface area contributed by atoms with Gasteiger partial charge in [0.25, 0.3) is 5.91 Å². The maximum atomic E-state index is 11.9. The third-order valence-electron chi connectivity index (χ3n) is 3.09. The van der Waals surface area contributed by atoms with Gasteiger partial charge in [0, 0.05) is 5.54 Å². The maximum Gasteiger partial charge on any atom is 0.258 e. The van der Waals surface area contributed by atoms with Crippen LogP contribution in [0.25, 0.3) is 0 Å². The van der Waals surface area contributed by atoms with Gasteiger partial charge in [0.2, 0.25) is 5.75 Å². The molecule has 0 bridgehead atoms. The molecule has 5 nitrogen and oxygen atoms in total. The Kier molecular flexibility index (Phi) is 5.67. The summed E-state index contributed by atoms with van der Waals surface area (Å²) in [5.41, 5.74) is -0.245. The number of ether oxygens (including phenoxy) is 3. The Morgan fingerprint density at radius 3 is 2.20 bits per heavy atom. The van der Waals surface area contributed by atoms with Gasteiger partial charge in [-0.05, 0) is 32.4 Å². The highest BCUT2D eigenvalue weighted by Gasteiger charge is 2.19. The van der Waals surface area contributed by atoms with Gasteiger partial charge in [0.15, 0.2) is 18.1 Å². The van der Waals surface area contributed by atoms with E-state index in [1.807, 2.05) is 20.8 Å². The maximum absolute atomic E-state index is 11.9. The van der Waals surface area contributed by atoms with Crippen molar-refractivity contribution in [3.05, 3.63) is 18.2 Å². The Morgan fingerprint density at radius 1 is 1.20 bits per heavy atom. The fourth-order valence-electron chi connectivity index (χ4n) is 1.60.